The second-order valence-electron chi connectivity index (χ2n) is 5.75. The first-order chi connectivity index (χ1) is 11.1. The van der Waals surface area contributed by atoms with Crippen LogP contribution in [0.3, 0.4) is 0 Å². The lowest BCUT2D eigenvalue weighted by Gasteiger charge is -2.31. The molecule has 2 heterocycles. The van der Waals surface area contributed by atoms with E-state index in [1.54, 1.807) is 6.07 Å². The van der Waals surface area contributed by atoms with Crippen LogP contribution in [0.25, 0.3) is 0 Å². The highest BCUT2D eigenvalue weighted by atomic mass is 19.1. The summed E-state index contributed by atoms with van der Waals surface area (Å²) in [6.07, 6.45) is 0. The molecule has 0 aromatic heterocycles. The van der Waals surface area contributed by atoms with Gasteiger partial charge in [-0.05, 0) is 17.7 Å². The minimum Gasteiger partial charge on any atom is -0.478 e. The Balaban J connectivity index is 1.89. The Kier molecular flexibility index (Phi) is 5.09. The molecule has 7 heteroatoms. The maximum Gasteiger partial charge on any atom is 0.339 e. The molecule has 1 aromatic rings. The summed E-state index contributed by atoms with van der Waals surface area (Å²) in [6.45, 7) is 5.67. The highest BCUT2D eigenvalue weighted by Crippen LogP contribution is 2.25. The van der Waals surface area contributed by atoms with Gasteiger partial charge in [-0.2, -0.15) is 0 Å². The number of morpholine rings is 2. The molecule has 0 aliphatic carbocycles. The Hall–Kier alpha value is -1.70. The Labute approximate surface area is 134 Å². The van der Waals surface area contributed by atoms with Crippen molar-refractivity contribution < 1.29 is 23.8 Å². The normalized spacial score (nSPS) is 19.8. The third kappa shape index (κ3) is 3.80. The van der Waals surface area contributed by atoms with Crippen LogP contribution in [-0.4, -0.2) is 68.6 Å². The zero-order chi connectivity index (χ0) is 16.2. The van der Waals surface area contributed by atoms with Crippen LogP contribution in [-0.2, 0) is 16.0 Å². The molecule has 0 bridgehead atoms. The summed E-state index contributed by atoms with van der Waals surface area (Å²) in [4.78, 5) is 15.6. The highest BCUT2D eigenvalue weighted by Gasteiger charge is 2.22. The van der Waals surface area contributed by atoms with Crippen LogP contribution in [0.15, 0.2) is 12.1 Å². The molecule has 0 amide bonds. The van der Waals surface area contributed by atoms with Crippen molar-refractivity contribution in [3.63, 3.8) is 0 Å². The van der Waals surface area contributed by atoms with E-state index in [1.165, 1.54) is 6.07 Å². The van der Waals surface area contributed by atoms with Crippen molar-refractivity contribution in [2.24, 2.45) is 0 Å². The van der Waals surface area contributed by atoms with Crippen molar-refractivity contribution in [3.8, 4) is 0 Å². The van der Waals surface area contributed by atoms with Gasteiger partial charge in [0.2, 0.25) is 0 Å². The van der Waals surface area contributed by atoms with Gasteiger partial charge in [-0.25, -0.2) is 9.18 Å². The smallest absolute Gasteiger partial charge is 0.339 e. The number of ether oxygens (including phenoxy) is 2. The number of nitrogens with zero attached hydrogens (tertiary/aromatic N) is 2. The number of aromatic carboxylic acids is 1. The Morgan fingerprint density at radius 1 is 1.09 bits per heavy atom. The van der Waals surface area contributed by atoms with E-state index in [4.69, 9.17) is 9.47 Å². The molecule has 2 aliphatic heterocycles. The SMILES string of the molecule is O=C(O)c1c(F)cc(N2CCOCC2)cc1CN1CCOCC1. The number of benzene rings is 1. The van der Waals surface area contributed by atoms with Crippen LogP contribution < -0.4 is 4.90 Å². The molecule has 1 N–H and O–H groups in total. The van der Waals surface area contributed by atoms with Crippen molar-refractivity contribution in [1.82, 2.24) is 4.90 Å². The molecular weight excluding hydrogens is 303 g/mol. The number of hydrogen-bond acceptors (Lipinski definition) is 5. The second kappa shape index (κ2) is 7.25. The quantitative estimate of drug-likeness (QED) is 0.898. The van der Waals surface area contributed by atoms with E-state index >= 15 is 0 Å². The average molecular weight is 324 g/mol. The Morgan fingerprint density at radius 2 is 1.70 bits per heavy atom. The maximum atomic E-state index is 14.4. The van der Waals surface area contributed by atoms with Crippen LogP contribution in [0.5, 0.6) is 0 Å². The molecule has 2 fully saturated rings. The molecule has 6 nitrogen and oxygen atoms in total. The van der Waals surface area contributed by atoms with Gasteiger partial charge in [0.1, 0.15) is 5.82 Å². The molecule has 1 aromatic carbocycles. The van der Waals surface area contributed by atoms with E-state index in [0.717, 1.165) is 18.8 Å². The molecule has 2 aliphatic rings. The number of carboxylic acid groups (broad SMARTS) is 1. The molecular formula is C16H21FN2O4. The fourth-order valence-corrected chi connectivity index (χ4v) is 3.02. The number of halogens is 1. The monoisotopic (exact) mass is 324 g/mol. The fraction of sp³-hybridized carbons (Fsp3) is 0.562. The van der Waals surface area contributed by atoms with E-state index in [9.17, 15) is 14.3 Å². The molecule has 0 spiro atoms. The van der Waals surface area contributed by atoms with Gasteiger partial charge in [0, 0.05) is 38.4 Å². The second-order valence-corrected chi connectivity index (χ2v) is 5.75. The maximum absolute atomic E-state index is 14.4. The molecule has 2 saturated heterocycles. The fourth-order valence-electron chi connectivity index (χ4n) is 3.02. The van der Waals surface area contributed by atoms with Gasteiger partial charge in [-0.1, -0.05) is 0 Å². The van der Waals surface area contributed by atoms with Crippen LogP contribution in [0, 0.1) is 5.82 Å². The molecule has 0 unspecified atom stereocenters. The summed E-state index contributed by atoms with van der Waals surface area (Å²) in [5.74, 6) is -1.90. The summed E-state index contributed by atoms with van der Waals surface area (Å²) in [5.41, 5.74) is 1.01. The Morgan fingerprint density at radius 3 is 2.30 bits per heavy atom. The van der Waals surface area contributed by atoms with Crippen LogP contribution >= 0.6 is 0 Å². The molecule has 0 saturated carbocycles. The third-order valence-electron chi connectivity index (χ3n) is 4.24. The summed E-state index contributed by atoms with van der Waals surface area (Å²) in [6, 6.07) is 3.12. The van der Waals surface area contributed by atoms with E-state index in [1.807, 2.05) is 4.90 Å². The molecule has 3 rings (SSSR count). The molecule has 23 heavy (non-hydrogen) atoms. The first-order valence-corrected chi connectivity index (χ1v) is 7.83. The average Bonchev–Trinajstić information content (AvgIpc) is 2.56. The number of hydrogen-bond donors (Lipinski definition) is 1. The number of rotatable bonds is 4. The lowest BCUT2D eigenvalue weighted by Crippen LogP contribution is -2.37. The Bertz CT molecular complexity index is 569. The predicted molar refractivity (Wildman–Crippen MR) is 82.5 cm³/mol. The highest BCUT2D eigenvalue weighted by molar-refractivity contribution is 5.90. The third-order valence-corrected chi connectivity index (χ3v) is 4.24. The summed E-state index contributed by atoms with van der Waals surface area (Å²) < 4.78 is 25.0. The lowest BCUT2D eigenvalue weighted by molar-refractivity contribution is 0.0339. The summed E-state index contributed by atoms with van der Waals surface area (Å²) >= 11 is 0. The predicted octanol–water partition coefficient (Wildman–Crippen LogP) is 1.19. The summed E-state index contributed by atoms with van der Waals surface area (Å²) in [7, 11) is 0. The summed E-state index contributed by atoms with van der Waals surface area (Å²) in [5, 5.41) is 9.36. The number of carboxylic acids is 1. The molecule has 126 valence electrons. The van der Waals surface area contributed by atoms with Gasteiger partial charge < -0.3 is 19.5 Å². The molecule has 0 radical (unpaired) electrons. The van der Waals surface area contributed by atoms with Crippen molar-refractivity contribution in [2.75, 3.05) is 57.5 Å². The number of anilines is 1. The van der Waals surface area contributed by atoms with Crippen LogP contribution in [0.1, 0.15) is 15.9 Å². The minimum atomic E-state index is -1.22. The topological polar surface area (TPSA) is 62.2 Å². The zero-order valence-electron chi connectivity index (χ0n) is 13.0. The van der Waals surface area contributed by atoms with Crippen LogP contribution in [0.4, 0.5) is 10.1 Å². The largest absolute Gasteiger partial charge is 0.478 e. The van der Waals surface area contributed by atoms with Crippen molar-refractivity contribution >= 4 is 11.7 Å². The van der Waals surface area contributed by atoms with Gasteiger partial charge in [-0.3, -0.25) is 4.90 Å². The zero-order valence-corrected chi connectivity index (χ0v) is 13.0. The van der Waals surface area contributed by atoms with Gasteiger partial charge >= 0.3 is 5.97 Å². The van der Waals surface area contributed by atoms with Crippen LogP contribution in [0.2, 0.25) is 0 Å². The van der Waals surface area contributed by atoms with E-state index in [0.29, 0.717) is 51.6 Å². The van der Waals surface area contributed by atoms with E-state index in [2.05, 4.69) is 4.90 Å². The standard InChI is InChI=1S/C16H21FN2O4/c17-14-10-13(19-3-7-23-8-4-19)9-12(15(14)16(20)21)11-18-1-5-22-6-2-18/h9-10H,1-8,11H2,(H,20,21). The van der Waals surface area contributed by atoms with E-state index in [-0.39, 0.29) is 5.56 Å². The minimum absolute atomic E-state index is 0.228. The van der Waals surface area contributed by atoms with Crippen molar-refractivity contribution in [3.05, 3.63) is 29.1 Å². The first kappa shape index (κ1) is 16.2. The van der Waals surface area contributed by atoms with Gasteiger partial charge in [-0.15, -0.1) is 0 Å². The lowest BCUT2D eigenvalue weighted by atomic mass is 10.0. The van der Waals surface area contributed by atoms with Gasteiger partial charge in [0.05, 0.1) is 32.0 Å². The van der Waals surface area contributed by atoms with Gasteiger partial charge in [0.25, 0.3) is 0 Å². The van der Waals surface area contributed by atoms with Crippen molar-refractivity contribution in [1.29, 1.82) is 0 Å². The van der Waals surface area contributed by atoms with E-state index < -0.39 is 11.8 Å². The number of carbonyl (C=O) groups is 1. The first-order valence-electron chi connectivity index (χ1n) is 7.83. The van der Waals surface area contributed by atoms with Gasteiger partial charge in [0.15, 0.2) is 0 Å². The molecule has 0 atom stereocenters. The van der Waals surface area contributed by atoms with Crippen molar-refractivity contribution in [2.45, 2.75) is 6.54 Å².